The van der Waals surface area contributed by atoms with Crippen molar-refractivity contribution in [2.24, 2.45) is 0 Å². The minimum Gasteiger partial charge on any atom is -0.462 e. The van der Waals surface area contributed by atoms with Crippen molar-refractivity contribution in [3.63, 3.8) is 0 Å². The number of ether oxygens (including phenoxy) is 2. The number of carbonyl (C=O) groups is 1. The lowest BCUT2D eigenvalue weighted by atomic mass is 9.62. The standard InChI is InChI=1S/C34H46N6O3/c1-33(2,3)43-32(41)40-20-19-39(22-25(40)14-17-35)30-27-13-16-34(15-7-10-24-9-5-6-12-28(24)34)21-29(27)36-31(37-30)42-23-26-11-8-18-38(26)4/h5-6,9,12,25-26H,7-8,10-11,13-16,18-23H2,1-4H3/t25-,26-,34?/m0/s1. The van der Waals surface area contributed by atoms with Crippen molar-refractivity contribution in [3.05, 3.63) is 46.6 Å². The normalized spacial score (nSPS) is 25.7. The van der Waals surface area contributed by atoms with E-state index < -0.39 is 5.60 Å². The highest BCUT2D eigenvalue weighted by Crippen LogP contribution is 2.47. The Morgan fingerprint density at radius 1 is 1.09 bits per heavy atom. The molecular formula is C34H46N6O3. The molecule has 0 saturated carbocycles. The molecule has 2 saturated heterocycles. The van der Waals surface area contributed by atoms with E-state index in [1.54, 1.807) is 4.90 Å². The predicted molar refractivity (Wildman–Crippen MR) is 165 cm³/mol. The number of likely N-dealkylation sites (N-methyl/N-ethyl adjacent to an activating group) is 1. The monoisotopic (exact) mass is 586 g/mol. The summed E-state index contributed by atoms with van der Waals surface area (Å²) in [7, 11) is 2.16. The van der Waals surface area contributed by atoms with Crippen LogP contribution in [-0.2, 0) is 29.4 Å². The van der Waals surface area contributed by atoms with Crippen LogP contribution in [0.3, 0.4) is 0 Å². The average Bonchev–Trinajstić information content (AvgIpc) is 3.39. The van der Waals surface area contributed by atoms with E-state index in [1.165, 1.54) is 36.0 Å². The second-order valence-corrected chi connectivity index (χ2v) is 13.9. The van der Waals surface area contributed by atoms with Gasteiger partial charge in [0, 0.05) is 36.7 Å². The number of benzene rings is 1. The molecule has 0 radical (unpaired) electrons. The molecule has 1 spiro atoms. The number of carbonyl (C=O) groups excluding carboxylic acids is 1. The molecule has 1 amide bonds. The first kappa shape index (κ1) is 29.7. The molecule has 9 nitrogen and oxygen atoms in total. The fraction of sp³-hybridized carbons (Fsp3) is 0.647. The molecule has 2 aromatic rings. The van der Waals surface area contributed by atoms with Gasteiger partial charge in [0.15, 0.2) is 0 Å². The van der Waals surface area contributed by atoms with E-state index >= 15 is 0 Å². The maximum Gasteiger partial charge on any atom is 0.410 e. The molecule has 2 aliphatic carbocycles. The second-order valence-electron chi connectivity index (χ2n) is 13.9. The number of aromatic nitrogens is 2. The van der Waals surface area contributed by atoms with Gasteiger partial charge in [-0.1, -0.05) is 24.3 Å². The third-order valence-electron chi connectivity index (χ3n) is 9.91. The van der Waals surface area contributed by atoms with E-state index in [0.717, 1.165) is 50.2 Å². The molecular weight excluding hydrogens is 540 g/mol. The van der Waals surface area contributed by atoms with Gasteiger partial charge in [-0.3, -0.25) is 0 Å². The number of nitriles is 1. The van der Waals surface area contributed by atoms with Crippen LogP contribution in [0.15, 0.2) is 24.3 Å². The van der Waals surface area contributed by atoms with Gasteiger partial charge in [-0.05, 0) is 96.9 Å². The Hall–Kier alpha value is -3.38. The molecule has 3 atom stereocenters. The Morgan fingerprint density at radius 2 is 1.93 bits per heavy atom. The molecule has 6 rings (SSSR count). The minimum atomic E-state index is -0.593. The van der Waals surface area contributed by atoms with Crippen LogP contribution in [0.2, 0.25) is 0 Å². The zero-order valence-corrected chi connectivity index (χ0v) is 26.3. The van der Waals surface area contributed by atoms with Gasteiger partial charge in [-0.25, -0.2) is 4.79 Å². The largest absolute Gasteiger partial charge is 0.462 e. The Kier molecular flexibility index (Phi) is 8.25. The van der Waals surface area contributed by atoms with Crippen LogP contribution >= 0.6 is 0 Å². The first-order valence-corrected chi connectivity index (χ1v) is 16.1. The SMILES string of the molecule is CN1CCC[C@H]1COc1nc2c(c(N3CCN(C(=O)OC(C)(C)C)[C@@H](CC#N)C3)n1)CCC1(CCCc3ccccc31)C2. The highest BCUT2D eigenvalue weighted by atomic mass is 16.6. The number of anilines is 1. The molecule has 0 bridgehead atoms. The van der Waals surface area contributed by atoms with Gasteiger partial charge < -0.3 is 24.2 Å². The predicted octanol–water partition coefficient (Wildman–Crippen LogP) is 5.05. The molecule has 9 heteroatoms. The lowest BCUT2D eigenvalue weighted by molar-refractivity contribution is 0.0144. The van der Waals surface area contributed by atoms with E-state index in [9.17, 15) is 10.1 Å². The zero-order chi connectivity index (χ0) is 30.2. The summed E-state index contributed by atoms with van der Waals surface area (Å²) in [6, 6.07) is 11.8. The number of likely N-dealkylation sites (tertiary alicyclic amines) is 1. The lowest BCUT2D eigenvalue weighted by Gasteiger charge is -2.45. The molecule has 3 heterocycles. The Bertz CT molecular complexity index is 1380. The summed E-state index contributed by atoms with van der Waals surface area (Å²) in [6.45, 7) is 8.89. The molecule has 1 unspecified atom stereocenters. The number of fused-ring (bicyclic) bond motifs is 3. The average molecular weight is 587 g/mol. The quantitative estimate of drug-likeness (QED) is 0.480. The van der Waals surface area contributed by atoms with Crippen molar-refractivity contribution < 1.29 is 14.3 Å². The lowest BCUT2D eigenvalue weighted by Crippen LogP contribution is -2.56. The van der Waals surface area contributed by atoms with Gasteiger partial charge in [0.1, 0.15) is 18.0 Å². The highest BCUT2D eigenvalue weighted by Gasteiger charge is 2.42. The van der Waals surface area contributed by atoms with E-state index in [1.807, 2.05) is 20.8 Å². The van der Waals surface area contributed by atoms with E-state index in [2.05, 4.69) is 47.2 Å². The van der Waals surface area contributed by atoms with Crippen molar-refractivity contribution in [1.29, 1.82) is 5.26 Å². The Labute approximate surface area is 256 Å². The third-order valence-corrected chi connectivity index (χ3v) is 9.91. The van der Waals surface area contributed by atoms with Crippen LogP contribution in [0.1, 0.15) is 81.7 Å². The second kappa shape index (κ2) is 12.0. The van der Waals surface area contributed by atoms with Crippen molar-refractivity contribution >= 4 is 11.9 Å². The van der Waals surface area contributed by atoms with Crippen LogP contribution in [0.5, 0.6) is 6.01 Å². The highest BCUT2D eigenvalue weighted by molar-refractivity contribution is 5.69. The number of rotatable bonds is 5. The molecule has 2 fully saturated rings. The maximum atomic E-state index is 13.1. The van der Waals surface area contributed by atoms with E-state index in [4.69, 9.17) is 19.4 Å². The maximum absolute atomic E-state index is 13.1. The van der Waals surface area contributed by atoms with Crippen LogP contribution in [-0.4, -0.2) is 83.4 Å². The molecule has 1 aromatic heterocycles. The van der Waals surface area contributed by atoms with Crippen molar-refractivity contribution in [1.82, 2.24) is 19.8 Å². The molecule has 2 aliphatic heterocycles. The van der Waals surface area contributed by atoms with Crippen molar-refractivity contribution in [3.8, 4) is 12.1 Å². The summed E-state index contributed by atoms with van der Waals surface area (Å²) < 4.78 is 12.1. The first-order valence-electron chi connectivity index (χ1n) is 16.1. The Balaban J connectivity index is 1.31. The zero-order valence-electron chi connectivity index (χ0n) is 26.3. The number of nitrogens with zero attached hydrogens (tertiary/aromatic N) is 6. The summed E-state index contributed by atoms with van der Waals surface area (Å²) >= 11 is 0. The number of amides is 1. The van der Waals surface area contributed by atoms with Gasteiger partial charge >= 0.3 is 12.1 Å². The van der Waals surface area contributed by atoms with Gasteiger partial charge in [0.2, 0.25) is 0 Å². The smallest absolute Gasteiger partial charge is 0.410 e. The fourth-order valence-electron chi connectivity index (χ4n) is 7.70. The van der Waals surface area contributed by atoms with Crippen molar-refractivity contribution in [2.45, 2.75) is 102 Å². The van der Waals surface area contributed by atoms with Gasteiger partial charge in [-0.15, -0.1) is 0 Å². The van der Waals surface area contributed by atoms with Gasteiger partial charge in [-0.2, -0.15) is 15.2 Å². The molecule has 1 aromatic carbocycles. The van der Waals surface area contributed by atoms with E-state index in [0.29, 0.717) is 38.3 Å². The fourth-order valence-corrected chi connectivity index (χ4v) is 7.70. The number of hydrogen-bond acceptors (Lipinski definition) is 8. The summed E-state index contributed by atoms with van der Waals surface area (Å²) in [5, 5.41) is 9.66. The van der Waals surface area contributed by atoms with Crippen LogP contribution in [0.4, 0.5) is 10.6 Å². The summed E-state index contributed by atoms with van der Waals surface area (Å²) in [6.07, 6.45) is 8.55. The first-order chi connectivity index (χ1) is 20.7. The molecule has 230 valence electrons. The molecule has 0 N–H and O–H groups in total. The number of piperazine rings is 1. The summed E-state index contributed by atoms with van der Waals surface area (Å²) in [5.41, 5.74) is 4.75. The van der Waals surface area contributed by atoms with Gasteiger partial charge in [0.25, 0.3) is 0 Å². The van der Waals surface area contributed by atoms with Crippen molar-refractivity contribution in [2.75, 3.05) is 44.7 Å². The summed E-state index contributed by atoms with van der Waals surface area (Å²) in [4.78, 5) is 29.6. The molecule has 4 aliphatic rings. The number of hydrogen-bond donors (Lipinski definition) is 0. The van der Waals surface area contributed by atoms with Crippen LogP contribution < -0.4 is 9.64 Å². The van der Waals surface area contributed by atoms with E-state index in [-0.39, 0.29) is 24.0 Å². The minimum absolute atomic E-state index is 0.0924. The number of aryl methyl sites for hydroxylation is 1. The van der Waals surface area contributed by atoms with Crippen LogP contribution in [0, 0.1) is 11.3 Å². The molecule has 43 heavy (non-hydrogen) atoms. The summed E-state index contributed by atoms with van der Waals surface area (Å²) in [5.74, 6) is 0.908. The Morgan fingerprint density at radius 3 is 2.70 bits per heavy atom. The third kappa shape index (κ3) is 6.17. The van der Waals surface area contributed by atoms with Crippen LogP contribution in [0.25, 0.3) is 0 Å². The topological polar surface area (TPSA) is 94.8 Å². The van der Waals surface area contributed by atoms with Gasteiger partial charge in [0.05, 0.1) is 24.2 Å².